The molecule has 1 atom stereocenters. The normalized spacial score (nSPS) is 12.9. The molecular weight excluding hydrogens is 357 g/mol. The van der Waals surface area contributed by atoms with Gasteiger partial charge in [-0.2, -0.15) is 0 Å². The standard InChI is InChI=1S/C22H24NO3P/c1-16-13-14-19(4)22(15-16)26-27(24,23-20-11-7-5-9-17(20)2)25-21-12-8-6-10-18(21)3/h5-15H,1-4H3,(H,23,24). The van der Waals surface area contributed by atoms with Crippen molar-refractivity contribution in [3.8, 4) is 11.5 Å². The van der Waals surface area contributed by atoms with E-state index in [-0.39, 0.29) is 0 Å². The van der Waals surface area contributed by atoms with Crippen LogP contribution in [0.5, 0.6) is 11.5 Å². The minimum atomic E-state index is -3.74. The fraction of sp³-hybridized carbons (Fsp3) is 0.182. The minimum absolute atomic E-state index is 0.521. The molecule has 0 saturated carbocycles. The molecule has 0 aliphatic heterocycles. The van der Waals surface area contributed by atoms with Gasteiger partial charge in [-0.3, -0.25) is 5.09 Å². The molecule has 0 bridgehead atoms. The molecule has 1 unspecified atom stereocenters. The molecule has 0 heterocycles. The molecule has 3 rings (SSSR count). The summed E-state index contributed by atoms with van der Waals surface area (Å²) in [6.45, 7) is 7.73. The van der Waals surface area contributed by atoms with Crippen molar-refractivity contribution in [3.05, 3.63) is 89.0 Å². The van der Waals surface area contributed by atoms with Gasteiger partial charge in [-0.25, -0.2) is 4.57 Å². The van der Waals surface area contributed by atoms with Gasteiger partial charge in [0.15, 0.2) is 0 Å². The van der Waals surface area contributed by atoms with Crippen LogP contribution in [0.3, 0.4) is 0 Å². The summed E-state index contributed by atoms with van der Waals surface area (Å²) in [5, 5.41) is 3.01. The molecule has 3 aromatic rings. The van der Waals surface area contributed by atoms with Gasteiger partial charge in [-0.1, -0.05) is 48.5 Å². The summed E-state index contributed by atoms with van der Waals surface area (Å²) in [5.41, 5.74) is 4.46. The first-order chi connectivity index (χ1) is 12.9. The second kappa shape index (κ2) is 7.89. The van der Waals surface area contributed by atoms with Gasteiger partial charge >= 0.3 is 7.75 Å². The molecule has 5 heteroatoms. The van der Waals surface area contributed by atoms with Crippen molar-refractivity contribution in [2.75, 3.05) is 5.09 Å². The van der Waals surface area contributed by atoms with E-state index in [1.807, 2.05) is 88.4 Å². The molecule has 0 aliphatic carbocycles. The predicted octanol–water partition coefficient (Wildman–Crippen LogP) is 6.60. The number of anilines is 1. The molecule has 4 nitrogen and oxygen atoms in total. The molecule has 1 N–H and O–H groups in total. The number of rotatable bonds is 6. The Morgan fingerprint density at radius 2 is 1.30 bits per heavy atom. The zero-order valence-electron chi connectivity index (χ0n) is 16.0. The molecule has 0 aromatic heterocycles. The second-order valence-corrected chi connectivity index (χ2v) is 8.22. The number of hydrogen-bond acceptors (Lipinski definition) is 3. The molecule has 0 aliphatic rings. The van der Waals surface area contributed by atoms with Crippen LogP contribution in [-0.2, 0) is 4.57 Å². The number of aryl methyl sites for hydroxylation is 4. The maximum absolute atomic E-state index is 13.7. The third kappa shape index (κ3) is 4.72. The predicted molar refractivity (Wildman–Crippen MR) is 111 cm³/mol. The van der Waals surface area contributed by atoms with Gasteiger partial charge in [-0.15, -0.1) is 0 Å². The Morgan fingerprint density at radius 3 is 2.00 bits per heavy atom. The van der Waals surface area contributed by atoms with Crippen LogP contribution in [0.25, 0.3) is 0 Å². The van der Waals surface area contributed by atoms with Gasteiger partial charge in [0.25, 0.3) is 0 Å². The highest BCUT2D eigenvalue weighted by Gasteiger charge is 2.30. The van der Waals surface area contributed by atoms with Crippen LogP contribution >= 0.6 is 7.75 Å². The number of benzene rings is 3. The van der Waals surface area contributed by atoms with E-state index in [2.05, 4.69) is 5.09 Å². The van der Waals surface area contributed by atoms with E-state index in [1.165, 1.54) is 0 Å². The van der Waals surface area contributed by atoms with Gasteiger partial charge < -0.3 is 9.05 Å². The Balaban J connectivity index is 2.00. The van der Waals surface area contributed by atoms with Crippen molar-refractivity contribution in [3.63, 3.8) is 0 Å². The summed E-state index contributed by atoms with van der Waals surface area (Å²) >= 11 is 0. The monoisotopic (exact) mass is 381 g/mol. The van der Waals surface area contributed by atoms with Crippen molar-refractivity contribution < 1.29 is 13.6 Å². The van der Waals surface area contributed by atoms with Gasteiger partial charge in [0, 0.05) is 5.69 Å². The van der Waals surface area contributed by atoms with Crippen LogP contribution in [0, 0.1) is 27.7 Å². The molecule has 0 spiro atoms. The van der Waals surface area contributed by atoms with Crippen LogP contribution < -0.4 is 14.1 Å². The Bertz CT molecular complexity index is 949. The van der Waals surface area contributed by atoms with Crippen LogP contribution in [0.4, 0.5) is 5.69 Å². The second-order valence-electron chi connectivity index (χ2n) is 6.64. The SMILES string of the molecule is Cc1ccc(C)c(OP(=O)(Nc2ccccc2C)Oc2ccccc2C)c1. The summed E-state index contributed by atoms with van der Waals surface area (Å²) in [6, 6.07) is 20.9. The number of hydrogen-bond donors (Lipinski definition) is 1. The molecular formula is C22H24NO3P. The van der Waals surface area contributed by atoms with E-state index in [0.717, 1.165) is 22.3 Å². The summed E-state index contributed by atoms with van der Waals surface area (Å²) < 4.78 is 25.6. The molecule has 0 saturated heterocycles. The average Bonchev–Trinajstić information content (AvgIpc) is 2.62. The first-order valence-corrected chi connectivity index (χ1v) is 10.4. The third-order valence-electron chi connectivity index (χ3n) is 4.28. The van der Waals surface area contributed by atoms with E-state index in [4.69, 9.17) is 9.05 Å². The lowest BCUT2D eigenvalue weighted by Crippen LogP contribution is -2.11. The highest BCUT2D eigenvalue weighted by Crippen LogP contribution is 2.50. The Morgan fingerprint density at radius 1 is 0.704 bits per heavy atom. The quantitative estimate of drug-likeness (QED) is 0.489. The van der Waals surface area contributed by atoms with Crippen molar-refractivity contribution in [2.45, 2.75) is 27.7 Å². The molecule has 27 heavy (non-hydrogen) atoms. The first kappa shape index (κ1) is 19.1. The molecule has 0 radical (unpaired) electrons. The fourth-order valence-electron chi connectivity index (χ4n) is 2.63. The van der Waals surface area contributed by atoms with Gasteiger partial charge in [0.05, 0.1) is 0 Å². The van der Waals surface area contributed by atoms with Crippen LogP contribution in [0.2, 0.25) is 0 Å². The highest BCUT2D eigenvalue weighted by atomic mass is 31.2. The van der Waals surface area contributed by atoms with Crippen molar-refractivity contribution in [1.29, 1.82) is 0 Å². The first-order valence-electron chi connectivity index (χ1n) is 8.82. The zero-order valence-corrected chi connectivity index (χ0v) is 16.9. The van der Waals surface area contributed by atoms with Crippen molar-refractivity contribution >= 4 is 13.4 Å². The average molecular weight is 381 g/mol. The molecule has 0 amide bonds. The van der Waals surface area contributed by atoms with E-state index in [0.29, 0.717) is 17.2 Å². The van der Waals surface area contributed by atoms with Crippen molar-refractivity contribution in [2.24, 2.45) is 0 Å². The zero-order chi connectivity index (χ0) is 19.4. The van der Waals surface area contributed by atoms with Crippen molar-refractivity contribution in [1.82, 2.24) is 0 Å². The van der Waals surface area contributed by atoms with Crippen LogP contribution in [0.1, 0.15) is 22.3 Å². The van der Waals surface area contributed by atoms with Crippen LogP contribution in [0.15, 0.2) is 66.7 Å². The summed E-state index contributed by atoms with van der Waals surface area (Å²) in [5.74, 6) is 1.06. The minimum Gasteiger partial charge on any atom is -0.400 e. The van der Waals surface area contributed by atoms with Gasteiger partial charge in [0.1, 0.15) is 11.5 Å². The third-order valence-corrected chi connectivity index (χ3v) is 5.67. The molecule has 0 fully saturated rings. The van der Waals surface area contributed by atoms with E-state index in [1.54, 1.807) is 6.07 Å². The van der Waals surface area contributed by atoms with Crippen LogP contribution in [-0.4, -0.2) is 0 Å². The van der Waals surface area contributed by atoms with E-state index >= 15 is 0 Å². The maximum Gasteiger partial charge on any atom is 0.541 e. The fourth-order valence-corrected chi connectivity index (χ4v) is 4.23. The smallest absolute Gasteiger partial charge is 0.400 e. The Hall–Kier alpha value is -2.71. The van der Waals surface area contributed by atoms with Gasteiger partial charge in [0.2, 0.25) is 0 Å². The highest BCUT2D eigenvalue weighted by molar-refractivity contribution is 7.56. The summed E-state index contributed by atoms with van der Waals surface area (Å²) in [7, 11) is -3.74. The lowest BCUT2D eigenvalue weighted by atomic mass is 10.1. The van der Waals surface area contributed by atoms with E-state index in [9.17, 15) is 4.57 Å². The van der Waals surface area contributed by atoms with E-state index < -0.39 is 7.75 Å². The van der Waals surface area contributed by atoms with Gasteiger partial charge in [-0.05, 0) is 68.1 Å². The maximum atomic E-state index is 13.7. The lowest BCUT2D eigenvalue weighted by molar-refractivity contribution is 0.390. The topological polar surface area (TPSA) is 47.6 Å². The lowest BCUT2D eigenvalue weighted by Gasteiger charge is -2.23. The Kier molecular flexibility index (Phi) is 5.57. The molecule has 140 valence electrons. The Labute approximate surface area is 160 Å². The molecule has 3 aromatic carbocycles. The largest absolute Gasteiger partial charge is 0.541 e. The summed E-state index contributed by atoms with van der Waals surface area (Å²) in [6.07, 6.45) is 0. The number of nitrogens with one attached hydrogen (secondary N) is 1. The summed E-state index contributed by atoms with van der Waals surface area (Å²) in [4.78, 5) is 0. The number of para-hydroxylation sites is 2.